The Morgan fingerprint density at radius 3 is 2.82 bits per heavy atom. The van der Waals surface area contributed by atoms with Gasteiger partial charge in [0, 0.05) is 19.2 Å². The fourth-order valence-corrected chi connectivity index (χ4v) is 2.58. The van der Waals surface area contributed by atoms with E-state index in [0.29, 0.717) is 5.76 Å². The maximum Gasteiger partial charge on any atom is 0.196 e. The van der Waals surface area contributed by atoms with E-state index >= 15 is 0 Å². The average Bonchev–Trinajstić information content (AvgIpc) is 2.65. The molecule has 0 N–H and O–H groups in total. The smallest absolute Gasteiger partial charge is 0.196 e. The fourth-order valence-electron chi connectivity index (χ4n) is 2.58. The van der Waals surface area contributed by atoms with Crippen LogP contribution in [0.4, 0.5) is 5.88 Å². The first-order valence-corrected chi connectivity index (χ1v) is 6.50. The molecule has 0 radical (unpaired) electrons. The molecule has 0 saturated carbocycles. The second-order valence-electron chi connectivity index (χ2n) is 5.22. The summed E-state index contributed by atoms with van der Waals surface area (Å²) in [5, 5.41) is 0. The molecular formula is C14H21NO2. The van der Waals surface area contributed by atoms with Crippen molar-refractivity contribution in [2.24, 2.45) is 11.8 Å². The molecule has 1 aromatic heterocycles. The summed E-state index contributed by atoms with van der Waals surface area (Å²) in [6.07, 6.45) is 4.49. The lowest BCUT2D eigenvalue weighted by Gasteiger charge is -2.20. The van der Waals surface area contributed by atoms with Gasteiger partial charge in [-0.2, -0.15) is 0 Å². The minimum Gasteiger partial charge on any atom is -0.438 e. The summed E-state index contributed by atoms with van der Waals surface area (Å²) in [4.78, 5) is 12.9. The molecule has 0 aliphatic carbocycles. The highest BCUT2D eigenvalue weighted by Gasteiger charge is 2.20. The molecule has 2 heterocycles. The zero-order chi connectivity index (χ0) is 12.3. The topological polar surface area (TPSA) is 33.5 Å². The Kier molecular flexibility index (Phi) is 3.87. The number of hydrogen-bond donors (Lipinski definition) is 0. The van der Waals surface area contributed by atoms with Crippen LogP contribution in [-0.2, 0) is 0 Å². The second-order valence-corrected chi connectivity index (χ2v) is 5.22. The maximum absolute atomic E-state index is 10.6. The van der Waals surface area contributed by atoms with E-state index in [1.54, 1.807) is 6.07 Å². The summed E-state index contributed by atoms with van der Waals surface area (Å²) >= 11 is 0. The Morgan fingerprint density at radius 2 is 2.18 bits per heavy atom. The van der Waals surface area contributed by atoms with Gasteiger partial charge in [-0.05, 0) is 37.2 Å². The third-order valence-electron chi connectivity index (χ3n) is 3.76. The third kappa shape index (κ3) is 2.90. The van der Waals surface area contributed by atoms with Crippen LogP contribution in [0, 0.1) is 11.8 Å². The van der Waals surface area contributed by atoms with Gasteiger partial charge in [0.25, 0.3) is 0 Å². The Labute approximate surface area is 103 Å². The maximum atomic E-state index is 10.6. The molecular weight excluding hydrogens is 214 g/mol. The van der Waals surface area contributed by atoms with Crippen molar-refractivity contribution < 1.29 is 9.21 Å². The molecule has 1 fully saturated rings. The summed E-state index contributed by atoms with van der Waals surface area (Å²) in [7, 11) is 0. The predicted octanol–water partition coefficient (Wildman–Crippen LogP) is 3.35. The highest BCUT2D eigenvalue weighted by Crippen LogP contribution is 2.27. The predicted molar refractivity (Wildman–Crippen MR) is 68.5 cm³/mol. The molecule has 2 rings (SSSR count). The zero-order valence-corrected chi connectivity index (χ0v) is 10.7. The third-order valence-corrected chi connectivity index (χ3v) is 3.76. The first-order chi connectivity index (χ1) is 8.20. The average molecular weight is 235 g/mol. The quantitative estimate of drug-likeness (QED) is 0.753. The van der Waals surface area contributed by atoms with E-state index in [1.807, 2.05) is 6.07 Å². The van der Waals surface area contributed by atoms with E-state index in [2.05, 4.69) is 18.7 Å². The number of hydrogen-bond acceptors (Lipinski definition) is 3. The van der Waals surface area contributed by atoms with Gasteiger partial charge in [0.05, 0.1) is 0 Å². The molecule has 17 heavy (non-hydrogen) atoms. The minimum absolute atomic E-state index is 0.421. The van der Waals surface area contributed by atoms with E-state index in [4.69, 9.17) is 4.42 Å². The SMILES string of the molecule is CC(C)C1CCCN(c2ccc(C=O)o2)CC1. The van der Waals surface area contributed by atoms with Crippen LogP contribution >= 0.6 is 0 Å². The second kappa shape index (κ2) is 5.39. The highest BCUT2D eigenvalue weighted by molar-refractivity contribution is 5.71. The van der Waals surface area contributed by atoms with Gasteiger partial charge in [0.15, 0.2) is 17.9 Å². The van der Waals surface area contributed by atoms with E-state index < -0.39 is 0 Å². The minimum atomic E-state index is 0.421. The molecule has 0 spiro atoms. The van der Waals surface area contributed by atoms with Crippen molar-refractivity contribution in [1.82, 2.24) is 0 Å². The lowest BCUT2D eigenvalue weighted by Crippen LogP contribution is -2.23. The number of carbonyl (C=O) groups excluding carboxylic acids is 1. The molecule has 3 nitrogen and oxygen atoms in total. The summed E-state index contributed by atoms with van der Waals surface area (Å²) in [6, 6.07) is 3.65. The molecule has 3 heteroatoms. The Balaban J connectivity index is 2.00. The number of rotatable bonds is 3. The number of nitrogens with zero attached hydrogens (tertiary/aromatic N) is 1. The van der Waals surface area contributed by atoms with Crippen LogP contribution < -0.4 is 4.90 Å². The molecule has 1 aliphatic heterocycles. The number of aldehydes is 1. The van der Waals surface area contributed by atoms with Crippen LogP contribution in [0.15, 0.2) is 16.5 Å². The lowest BCUT2D eigenvalue weighted by atomic mass is 9.89. The number of furan rings is 1. The monoisotopic (exact) mass is 235 g/mol. The van der Waals surface area contributed by atoms with E-state index in [9.17, 15) is 4.79 Å². The van der Waals surface area contributed by atoms with Crippen molar-refractivity contribution in [2.45, 2.75) is 33.1 Å². The molecule has 0 amide bonds. The molecule has 0 bridgehead atoms. The number of anilines is 1. The molecule has 1 aliphatic rings. The normalized spacial score (nSPS) is 21.6. The van der Waals surface area contributed by atoms with Crippen molar-refractivity contribution in [2.75, 3.05) is 18.0 Å². The van der Waals surface area contributed by atoms with Gasteiger partial charge < -0.3 is 9.32 Å². The summed E-state index contributed by atoms with van der Waals surface area (Å²) < 4.78 is 5.48. The molecule has 1 unspecified atom stereocenters. The van der Waals surface area contributed by atoms with Crippen LogP contribution in [0.5, 0.6) is 0 Å². The van der Waals surface area contributed by atoms with Gasteiger partial charge in [-0.1, -0.05) is 13.8 Å². The van der Waals surface area contributed by atoms with Crippen LogP contribution in [0.1, 0.15) is 43.7 Å². The molecule has 1 atom stereocenters. The van der Waals surface area contributed by atoms with Crippen molar-refractivity contribution in [3.8, 4) is 0 Å². The van der Waals surface area contributed by atoms with Crippen molar-refractivity contribution in [3.63, 3.8) is 0 Å². The fraction of sp³-hybridized carbons (Fsp3) is 0.643. The van der Waals surface area contributed by atoms with Crippen molar-refractivity contribution in [3.05, 3.63) is 17.9 Å². The molecule has 1 saturated heterocycles. The largest absolute Gasteiger partial charge is 0.438 e. The van der Waals surface area contributed by atoms with Crippen molar-refractivity contribution >= 4 is 12.2 Å². The molecule has 1 aromatic rings. The standard InChI is InChI=1S/C14H21NO2/c1-11(2)12-4-3-8-15(9-7-12)14-6-5-13(10-16)17-14/h5-6,10-12H,3-4,7-9H2,1-2H3. The summed E-state index contributed by atoms with van der Waals surface area (Å²) in [5.74, 6) is 2.85. The lowest BCUT2D eigenvalue weighted by molar-refractivity contribution is 0.110. The van der Waals surface area contributed by atoms with E-state index in [0.717, 1.165) is 37.1 Å². The van der Waals surface area contributed by atoms with E-state index in [-0.39, 0.29) is 0 Å². The Morgan fingerprint density at radius 1 is 1.35 bits per heavy atom. The van der Waals surface area contributed by atoms with Gasteiger partial charge >= 0.3 is 0 Å². The first kappa shape index (κ1) is 12.2. The van der Waals surface area contributed by atoms with Gasteiger partial charge in [-0.15, -0.1) is 0 Å². The molecule has 0 aromatic carbocycles. The van der Waals surface area contributed by atoms with Crippen molar-refractivity contribution in [1.29, 1.82) is 0 Å². The van der Waals surface area contributed by atoms with Crippen LogP contribution in [-0.4, -0.2) is 19.4 Å². The van der Waals surface area contributed by atoms with Gasteiger partial charge in [-0.3, -0.25) is 4.79 Å². The Hall–Kier alpha value is -1.25. The van der Waals surface area contributed by atoms with Gasteiger partial charge in [0.1, 0.15) is 0 Å². The highest BCUT2D eigenvalue weighted by atomic mass is 16.4. The molecule has 94 valence electrons. The summed E-state index contributed by atoms with van der Waals surface area (Å²) in [6.45, 7) is 6.68. The Bertz CT molecular complexity index is 370. The summed E-state index contributed by atoms with van der Waals surface area (Å²) in [5.41, 5.74) is 0. The van der Waals surface area contributed by atoms with Crippen LogP contribution in [0.2, 0.25) is 0 Å². The number of carbonyl (C=O) groups is 1. The van der Waals surface area contributed by atoms with E-state index in [1.165, 1.54) is 19.3 Å². The van der Waals surface area contributed by atoms with Gasteiger partial charge in [0.2, 0.25) is 0 Å². The zero-order valence-electron chi connectivity index (χ0n) is 10.7. The first-order valence-electron chi connectivity index (χ1n) is 6.50. The van der Waals surface area contributed by atoms with Gasteiger partial charge in [-0.25, -0.2) is 0 Å². The van der Waals surface area contributed by atoms with Crippen LogP contribution in [0.3, 0.4) is 0 Å². The van der Waals surface area contributed by atoms with Crippen LogP contribution in [0.25, 0.3) is 0 Å².